The molecule has 4 aliphatic rings. The van der Waals surface area contributed by atoms with E-state index in [1.165, 1.54) is 13.8 Å². The number of hydrogen-bond donors (Lipinski definition) is 0. The van der Waals surface area contributed by atoms with Crippen molar-refractivity contribution in [2.24, 2.45) is 23.7 Å². The number of cyclic esters (lactones) is 1. The number of ether oxygens (including phenoxy) is 11. The Balaban J connectivity index is 1.72. The fourth-order valence-electron chi connectivity index (χ4n) is 10.2. The second-order valence-electron chi connectivity index (χ2n) is 19.6. The van der Waals surface area contributed by atoms with Gasteiger partial charge in [-0.3, -0.25) is 24.1 Å². The van der Waals surface area contributed by atoms with E-state index in [4.69, 9.17) is 56.5 Å². The average Bonchev–Trinajstić information content (AvgIpc) is 3.31. The Morgan fingerprint density at radius 2 is 1.47 bits per heavy atom. The largest absolute Gasteiger partial charge is 0.458 e. The van der Waals surface area contributed by atoms with E-state index in [0.29, 0.717) is 19.4 Å². The van der Waals surface area contributed by atoms with Crippen LogP contribution in [0.1, 0.15) is 88.5 Å². The van der Waals surface area contributed by atoms with Crippen LogP contribution < -0.4 is 0 Å². The van der Waals surface area contributed by atoms with Crippen molar-refractivity contribution in [1.29, 1.82) is 0 Å². The molecule has 2 bridgehead atoms. The number of halogens is 1. The third kappa shape index (κ3) is 16.2. The van der Waals surface area contributed by atoms with Crippen LogP contribution in [0.3, 0.4) is 0 Å². The summed E-state index contributed by atoms with van der Waals surface area (Å²) in [6.07, 6.45) is -0.946. The van der Waals surface area contributed by atoms with Crippen molar-refractivity contribution in [3.8, 4) is 0 Å². The lowest BCUT2D eigenvalue weighted by molar-refractivity contribution is -0.309. The van der Waals surface area contributed by atoms with Gasteiger partial charge in [-0.05, 0) is 100 Å². The van der Waals surface area contributed by atoms with Crippen LogP contribution >= 0.6 is 22.6 Å². The van der Waals surface area contributed by atoms with Crippen LogP contribution in [-0.2, 0) is 75.7 Å². The Kier molecular flexibility index (Phi) is 24.6. The monoisotopic (exact) mass is 1120 g/mol. The third-order valence-electron chi connectivity index (χ3n) is 14.5. The molecule has 3 fully saturated rings. The van der Waals surface area contributed by atoms with Gasteiger partial charge in [0.25, 0.3) is 0 Å². The minimum atomic E-state index is -2.06. The highest BCUT2D eigenvalue weighted by Crippen LogP contribution is 2.39. The number of hydrogen-bond acceptors (Lipinski definition) is 17. The highest BCUT2D eigenvalue weighted by molar-refractivity contribution is 14.1. The van der Waals surface area contributed by atoms with Gasteiger partial charge in [0.1, 0.15) is 18.3 Å². The van der Waals surface area contributed by atoms with Crippen LogP contribution in [-0.4, -0.2) is 169 Å². The summed E-state index contributed by atoms with van der Waals surface area (Å²) < 4.78 is 75.8. The van der Waals surface area contributed by atoms with E-state index in [0.717, 1.165) is 23.7 Å². The second-order valence-corrected chi connectivity index (χ2v) is 25.6. The topological polar surface area (TPSA) is 182 Å². The Hall–Kier alpha value is -2.15. The highest BCUT2D eigenvalue weighted by Gasteiger charge is 2.53. The maximum Gasteiger partial charge on any atom is 0.309 e. The Labute approximate surface area is 431 Å². The van der Waals surface area contributed by atoms with E-state index < -0.39 is 116 Å². The Bertz CT molecular complexity index is 1760. The standard InChI is InChI=1S/C51H84INO16Si/c1-16-38-28-60-23-22-36-25-30(6)39(56)21-20-29(5)24-37(27-61-50-48(59-15)47(58-14)45(33(9)62-50)69-70(17-2,18-3)19-4)49(52)67-41(57)26-40(66-38)31(7)43(36)68-51-46(65-35(11)55)42(53(12)13)44(32(8)63-51)64-34(10)54/h16,20-21,24,30-33,36-38,40,42-51H,1,17-19,22-23,25-28H2,2-15H3/b21-20+,29-24+/t30-,31+,32?,33?,36+,37-,38?,40-,42?,43-,44-,45-,46?,47?,48?,49+,50?,51?/m1/s1. The van der Waals surface area contributed by atoms with Gasteiger partial charge in [-0.1, -0.05) is 58.4 Å². The van der Waals surface area contributed by atoms with Crippen molar-refractivity contribution >= 4 is 54.6 Å². The molecule has 0 N–H and O–H groups in total. The zero-order valence-electron chi connectivity index (χ0n) is 44.1. The molecule has 0 aromatic carbocycles. The van der Waals surface area contributed by atoms with Gasteiger partial charge in [-0.25, -0.2) is 0 Å². The lowest BCUT2D eigenvalue weighted by atomic mass is 9.79. The SMILES string of the molecule is C=CC1COCC[C@H]2C[C@@H](C)C(=O)/C=C/C(C)=C/[C@H](COC3OC(C)[C@@H](O[Si](CC)(CC)CC)C(OC)C3OC)[C@@H](I)OC(=O)C[C@@H](O1)[C@H](C)[C@H]2OC1OC(C)[C@@H](OC(C)=O)C(N(C)C)C1OC(C)=O. The summed E-state index contributed by atoms with van der Waals surface area (Å²) in [5.41, 5.74) is 0.759. The van der Waals surface area contributed by atoms with Crippen molar-refractivity contribution in [2.75, 3.05) is 48.1 Å². The van der Waals surface area contributed by atoms with Crippen LogP contribution in [0.4, 0.5) is 0 Å². The minimum absolute atomic E-state index is 0.0621. The fourth-order valence-corrected chi connectivity index (χ4v) is 13.8. The van der Waals surface area contributed by atoms with Gasteiger partial charge < -0.3 is 56.5 Å². The van der Waals surface area contributed by atoms with E-state index in [9.17, 15) is 19.2 Å². The third-order valence-corrected chi connectivity index (χ3v) is 20.3. The molecule has 0 aliphatic carbocycles. The number of esters is 3. The van der Waals surface area contributed by atoms with Crippen molar-refractivity contribution in [1.82, 2.24) is 4.90 Å². The Morgan fingerprint density at radius 1 is 0.857 bits per heavy atom. The number of fused-ring (bicyclic) bond motifs is 3. The van der Waals surface area contributed by atoms with Gasteiger partial charge in [0.15, 0.2) is 36.9 Å². The summed E-state index contributed by atoms with van der Waals surface area (Å²) in [5, 5.41) is 0. The molecule has 0 amide bonds. The summed E-state index contributed by atoms with van der Waals surface area (Å²) in [6, 6.07) is 2.24. The minimum Gasteiger partial charge on any atom is -0.458 e. The molecule has 0 aromatic heterocycles. The number of methoxy groups -OCH3 is 2. The molecule has 9 unspecified atom stereocenters. The van der Waals surface area contributed by atoms with E-state index >= 15 is 0 Å². The van der Waals surface area contributed by atoms with Crippen molar-refractivity contribution < 1.29 is 75.7 Å². The molecule has 17 nitrogen and oxygen atoms in total. The summed E-state index contributed by atoms with van der Waals surface area (Å²) in [4.78, 5) is 55.4. The maximum atomic E-state index is 14.4. The number of carbonyl (C=O) groups excluding carboxylic acids is 4. The predicted octanol–water partition coefficient (Wildman–Crippen LogP) is 7.13. The first-order chi connectivity index (χ1) is 33.2. The molecule has 0 spiro atoms. The van der Waals surface area contributed by atoms with Gasteiger partial charge in [-0.2, -0.15) is 0 Å². The van der Waals surface area contributed by atoms with E-state index in [2.05, 4.69) is 49.9 Å². The van der Waals surface area contributed by atoms with Crippen LogP contribution in [0.5, 0.6) is 0 Å². The predicted molar refractivity (Wildman–Crippen MR) is 272 cm³/mol. The molecule has 18 atom stereocenters. The molecular weight excluding hydrogens is 1040 g/mol. The summed E-state index contributed by atoms with van der Waals surface area (Å²) >= 11 is 2.11. The van der Waals surface area contributed by atoms with Crippen LogP contribution in [0, 0.1) is 23.7 Å². The molecule has 400 valence electrons. The number of nitrogens with zero attached hydrogens (tertiary/aromatic N) is 1. The molecule has 0 saturated carbocycles. The van der Waals surface area contributed by atoms with Gasteiger partial charge >= 0.3 is 17.9 Å². The number of allylic oxidation sites excluding steroid dienone is 3. The molecule has 0 aromatic rings. The lowest BCUT2D eigenvalue weighted by Crippen LogP contribution is -2.65. The first-order valence-electron chi connectivity index (χ1n) is 25.1. The number of likely N-dealkylation sites (N-methyl/N-ethyl adjacent to an activating group) is 1. The summed E-state index contributed by atoms with van der Waals surface area (Å²) in [7, 11) is 4.78. The number of ketones is 1. The van der Waals surface area contributed by atoms with Crippen molar-refractivity contribution in [2.45, 2.75) is 190 Å². The first-order valence-corrected chi connectivity index (χ1v) is 28.9. The fraction of sp³-hybridized carbons (Fsp3) is 0.804. The second kappa shape index (κ2) is 28.5. The van der Waals surface area contributed by atoms with E-state index in [-0.39, 0.29) is 43.5 Å². The molecule has 19 heteroatoms. The molecule has 4 aliphatic heterocycles. The van der Waals surface area contributed by atoms with Gasteiger partial charge in [0.2, 0.25) is 0 Å². The van der Waals surface area contributed by atoms with Crippen LogP contribution in [0.15, 0.2) is 36.5 Å². The zero-order valence-corrected chi connectivity index (χ0v) is 47.3. The van der Waals surface area contributed by atoms with E-state index in [1.54, 1.807) is 53.5 Å². The normalized spacial score (nSPS) is 38.8. The smallest absolute Gasteiger partial charge is 0.309 e. The Morgan fingerprint density at radius 3 is 2.06 bits per heavy atom. The maximum absolute atomic E-state index is 14.4. The average molecular weight is 1120 g/mol. The van der Waals surface area contributed by atoms with Crippen molar-refractivity contribution in [3.05, 3.63) is 36.5 Å². The van der Waals surface area contributed by atoms with Gasteiger partial charge in [0, 0.05) is 52.4 Å². The van der Waals surface area contributed by atoms with Crippen molar-refractivity contribution in [3.63, 3.8) is 0 Å². The van der Waals surface area contributed by atoms with Crippen LogP contribution in [0.25, 0.3) is 0 Å². The van der Waals surface area contributed by atoms with Gasteiger partial charge in [-0.15, -0.1) is 6.58 Å². The molecule has 70 heavy (non-hydrogen) atoms. The van der Waals surface area contributed by atoms with E-state index in [1.807, 2.05) is 38.7 Å². The zero-order chi connectivity index (χ0) is 52.0. The van der Waals surface area contributed by atoms with Gasteiger partial charge in [0.05, 0.1) is 62.3 Å². The molecular formula is C51H84INO16Si. The number of rotatable bonds is 16. The molecule has 0 radical (unpaired) electrons. The number of carbonyl (C=O) groups is 4. The molecule has 4 heterocycles. The highest BCUT2D eigenvalue weighted by atomic mass is 127. The first kappa shape index (κ1) is 60.4. The lowest BCUT2D eigenvalue weighted by Gasteiger charge is -2.49. The molecule has 4 rings (SSSR count). The summed E-state index contributed by atoms with van der Waals surface area (Å²) in [5.74, 6) is -3.59. The summed E-state index contributed by atoms with van der Waals surface area (Å²) in [6.45, 7) is 23.2. The quantitative estimate of drug-likeness (QED) is 0.0380. The molecule has 3 saturated heterocycles. The van der Waals surface area contributed by atoms with Crippen LogP contribution in [0.2, 0.25) is 18.1 Å². The number of alkyl halides is 1.